The predicted molar refractivity (Wildman–Crippen MR) is 125 cm³/mol. The van der Waals surface area contributed by atoms with E-state index in [1.807, 2.05) is 63.2 Å². The molecule has 0 aliphatic carbocycles. The van der Waals surface area contributed by atoms with Gasteiger partial charge < -0.3 is 9.80 Å². The number of aromatic nitrogens is 4. The number of nitrogens with zero attached hydrogens (tertiary/aromatic N) is 6. The Balaban J connectivity index is 1.37. The van der Waals surface area contributed by atoms with E-state index in [9.17, 15) is 4.79 Å². The smallest absolute Gasteiger partial charge is 0.261 e. The van der Waals surface area contributed by atoms with Gasteiger partial charge in [0.15, 0.2) is 5.82 Å². The summed E-state index contributed by atoms with van der Waals surface area (Å²) in [4.78, 5) is 31.5. The molecule has 0 saturated carbocycles. The molecule has 2 aromatic carbocycles. The summed E-state index contributed by atoms with van der Waals surface area (Å²) >= 11 is 0. The Morgan fingerprint density at radius 1 is 0.871 bits per heavy atom. The number of anilines is 2. The minimum atomic E-state index is 0.0155. The summed E-state index contributed by atoms with van der Waals surface area (Å²) in [5.41, 5.74) is 4.69. The number of piperazine rings is 1. The molecule has 158 valence electrons. The molecule has 1 saturated heterocycles. The standard InChI is InChI=1S/C24H26N6O/c1-16(2)30-15-25-22-14-18(8-9-19(22)24(30)31)28-10-12-29(13-11-28)23-17(3)26-20-6-4-5-7-21(20)27-23/h4-9,14-16H,10-13H2,1-3H3. The van der Waals surface area contributed by atoms with Gasteiger partial charge >= 0.3 is 0 Å². The zero-order valence-electron chi connectivity index (χ0n) is 18.1. The van der Waals surface area contributed by atoms with Crippen LogP contribution in [0.4, 0.5) is 11.5 Å². The fraction of sp³-hybridized carbons (Fsp3) is 0.333. The number of hydrogen-bond donors (Lipinski definition) is 0. The van der Waals surface area contributed by atoms with Gasteiger partial charge in [-0.1, -0.05) is 12.1 Å². The van der Waals surface area contributed by atoms with E-state index < -0.39 is 0 Å². The molecule has 7 nitrogen and oxygen atoms in total. The van der Waals surface area contributed by atoms with Crippen LogP contribution >= 0.6 is 0 Å². The summed E-state index contributed by atoms with van der Waals surface area (Å²) in [6, 6.07) is 14.1. The summed E-state index contributed by atoms with van der Waals surface area (Å²) < 4.78 is 1.67. The lowest BCUT2D eigenvalue weighted by atomic mass is 10.2. The third kappa shape index (κ3) is 3.50. The van der Waals surface area contributed by atoms with Gasteiger partial charge in [-0.25, -0.2) is 15.0 Å². The molecule has 0 bridgehead atoms. The molecule has 0 radical (unpaired) electrons. The van der Waals surface area contributed by atoms with E-state index in [0.717, 1.165) is 59.9 Å². The van der Waals surface area contributed by atoms with E-state index in [4.69, 9.17) is 9.97 Å². The SMILES string of the molecule is Cc1nc2ccccc2nc1N1CCN(c2ccc3c(=O)n(C(C)C)cnc3c2)CC1. The van der Waals surface area contributed by atoms with Crippen molar-refractivity contribution in [1.29, 1.82) is 0 Å². The van der Waals surface area contributed by atoms with E-state index in [1.165, 1.54) is 0 Å². The van der Waals surface area contributed by atoms with Gasteiger partial charge in [0.2, 0.25) is 0 Å². The van der Waals surface area contributed by atoms with Crippen LogP contribution in [0.5, 0.6) is 0 Å². The van der Waals surface area contributed by atoms with E-state index in [0.29, 0.717) is 5.39 Å². The molecule has 7 heteroatoms. The highest BCUT2D eigenvalue weighted by molar-refractivity contribution is 5.81. The largest absolute Gasteiger partial charge is 0.368 e. The highest BCUT2D eigenvalue weighted by Crippen LogP contribution is 2.24. The fourth-order valence-corrected chi connectivity index (χ4v) is 4.24. The second-order valence-electron chi connectivity index (χ2n) is 8.35. The first kappa shape index (κ1) is 19.5. The average Bonchev–Trinajstić information content (AvgIpc) is 2.78. The Morgan fingerprint density at radius 3 is 2.26 bits per heavy atom. The summed E-state index contributed by atoms with van der Waals surface area (Å²) in [5, 5.41) is 0.667. The van der Waals surface area contributed by atoms with Crippen LogP contribution in [-0.2, 0) is 0 Å². The van der Waals surface area contributed by atoms with Crippen molar-refractivity contribution in [3.05, 3.63) is 64.8 Å². The molecule has 0 atom stereocenters. The summed E-state index contributed by atoms with van der Waals surface area (Å²) in [6.07, 6.45) is 1.65. The van der Waals surface area contributed by atoms with Crippen LogP contribution in [0.3, 0.4) is 0 Å². The van der Waals surface area contributed by atoms with Gasteiger partial charge in [0.05, 0.1) is 34.0 Å². The van der Waals surface area contributed by atoms with Crippen molar-refractivity contribution in [3.63, 3.8) is 0 Å². The molecular weight excluding hydrogens is 388 g/mol. The highest BCUT2D eigenvalue weighted by atomic mass is 16.1. The second kappa shape index (κ2) is 7.65. The number of para-hydroxylation sites is 2. The molecule has 1 fully saturated rings. The zero-order chi connectivity index (χ0) is 21.5. The Hall–Kier alpha value is -3.48. The summed E-state index contributed by atoms with van der Waals surface area (Å²) in [7, 11) is 0. The highest BCUT2D eigenvalue weighted by Gasteiger charge is 2.21. The summed E-state index contributed by atoms with van der Waals surface area (Å²) in [5.74, 6) is 0.966. The minimum absolute atomic E-state index is 0.0155. The van der Waals surface area contributed by atoms with E-state index in [1.54, 1.807) is 10.9 Å². The molecule has 5 rings (SSSR count). The van der Waals surface area contributed by atoms with Crippen LogP contribution in [0.15, 0.2) is 53.6 Å². The molecule has 31 heavy (non-hydrogen) atoms. The Bertz CT molecular complexity index is 1320. The van der Waals surface area contributed by atoms with Crippen molar-refractivity contribution in [2.24, 2.45) is 0 Å². The van der Waals surface area contributed by atoms with E-state index in [-0.39, 0.29) is 11.6 Å². The molecule has 0 unspecified atom stereocenters. The van der Waals surface area contributed by atoms with Crippen molar-refractivity contribution < 1.29 is 0 Å². The van der Waals surface area contributed by atoms with Crippen LogP contribution in [0.25, 0.3) is 21.9 Å². The van der Waals surface area contributed by atoms with Gasteiger partial charge in [-0.05, 0) is 51.1 Å². The van der Waals surface area contributed by atoms with Crippen LogP contribution in [0, 0.1) is 6.92 Å². The normalized spacial score (nSPS) is 14.7. The minimum Gasteiger partial charge on any atom is -0.368 e. The van der Waals surface area contributed by atoms with Gasteiger partial charge in [-0.15, -0.1) is 0 Å². The van der Waals surface area contributed by atoms with Gasteiger partial charge in [0, 0.05) is 37.9 Å². The Morgan fingerprint density at radius 2 is 1.55 bits per heavy atom. The molecule has 3 heterocycles. The third-order valence-electron chi connectivity index (χ3n) is 5.99. The number of hydrogen-bond acceptors (Lipinski definition) is 6. The Labute approximate surface area is 181 Å². The van der Waals surface area contributed by atoms with Crippen molar-refractivity contribution in [3.8, 4) is 0 Å². The number of benzene rings is 2. The Kier molecular flexibility index (Phi) is 4.81. The number of rotatable bonds is 3. The first-order chi connectivity index (χ1) is 15.0. The lowest BCUT2D eigenvalue weighted by molar-refractivity contribution is 0.573. The lowest BCUT2D eigenvalue weighted by Gasteiger charge is -2.37. The molecule has 0 N–H and O–H groups in total. The van der Waals surface area contributed by atoms with Crippen molar-refractivity contribution in [2.75, 3.05) is 36.0 Å². The predicted octanol–water partition coefficient (Wildman–Crippen LogP) is 3.56. The topological polar surface area (TPSA) is 67.2 Å². The summed E-state index contributed by atoms with van der Waals surface area (Å²) in [6.45, 7) is 9.50. The second-order valence-corrected chi connectivity index (χ2v) is 8.35. The van der Waals surface area contributed by atoms with Crippen molar-refractivity contribution in [2.45, 2.75) is 26.8 Å². The van der Waals surface area contributed by atoms with Crippen molar-refractivity contribution >= 4 is 33.4 Å². The first-order valence-corrected chi connectivity index (χ1v) is 10.8. The molecule has 4 aromatic rings. The van der Waals surface area contributed by atoms with Gasteiger partial charge in [-0.3, -0.25) is 9.36 Å². The maximum absolute atomic E-state index is 12.7. The molecule has 0 amide bonds. The van der Waals surface area contributed by atoms with Crippen LogP contribution < -0.4 is 15.4 Å². The number of aryl methyl sites for hydroxylation is 1. The van der Waals surface area contributed by atoms with Crippen LogP contribution in [-0.4, -0.2) is 45.7 Å². The average molecular weight is 415 g/mol. The van der Waals surface area contributed by atoms with Gasteiger partial charge in [0.25, 0.3) is 5.56 Å². The van der Waals surface area contributed by atoms with Crippen LogP contribution in [0.1, 0.15) is 25.6 Å². The van der Waals surface area contributed by atoms with E-state index >= 15 is 0 Å². The fourth-order valence-electron chi connectivity index (χ4n) is 4.24. The third-order valence-corrected chi connectivity index (χ3v) is 5.99. The quantitative estimate of drug-likeness (QED) is 0.511. The van der Waals surface area contributed by atoms with E-state index in [2.05, 4.69) is 14.8 Å². The molecular formula is C24H26N6O. The maximum Gasteiger partial charge on any atom is 0.261 e. The first-order valence-electron chi connectivity index (χ1n) is 10.8. The van der Waals surface area contributed by atoms with Crippen LogP contribution in [0.2, 0.25) is 0 Å². The monoisotopic (exact) mass is 414 g/mol. The molecule has 1 aliphatic heterocycles. The van der Waals surface area contributed by atoms with Crippen molar-refractivity contribution in [1.82, 2.24) is 19.5 Å². The van der Waals surface area contributed by atoms with Gasteiger partial charge in [0.1, 0.15) is 0 Å². The lowest BCUT2D eigenvalue weighted by Crippen LogP contribution is -2.47. The molecule has 0 spiro atoms. The zero-order valence-corrected chi connectivity index (χ0v) is 18.1. The maximum atomic E-state index is 12.7. The molecule has 2 aromatic heterocycles. The van der Waals surface area contributed by atoms with Gasteiger partial charge in [-0.2, -0.15) is 0 Å². The number of fused-ring (bicyclic) bond motifs is 2. The molecule has 1 aliphatic rings.